The minimum absolute atomic E-state index is 0.279. The summed E-state index contributed by atoms with van der Waals surface area (Å²) in [5, 5.41) is 12.0. The van der Waals surface area contributed by atoms with E-state index in [9.17, 15) is 9.59 Å². The van der Waals surface area contributed by atoms with Crippen LogP contribution in [-0.4, -0.2) is 24.2 Å². The maximum Gasteiger partial charge on any atom is 0.345 e. The molecule has 110 valence electrons. The first-order valence-corrected chi connectivity index (χ1v) is 7.11. The molecule has 0 bridgehead atoms. The van der Waals surface area contributed by atoms with Gasteiger partial charge in [-0.05, 0) is 17.7 Å². The third-order valence-corrected chi connectivity index (χ3v) is 4.00. The van der Waals surface area contributed by atoms with E-state index in [2.05, 4.69) is 5.32 Å². The van der Waals surface area contributed by atoms with Gasteiger partial charge in [-0.1, -0.05) is 30.3 Å². The first kappa shape index (κ1) is 15.2. The number of hydrogen-bond acceptors (Lipinski definition) is 5. The fourth-order valence-electron chi connectivity index (χ4n) is 1.89. The fourth-order valence-corrected chi connectivity index (χ4v) is 2.69. The highest BCUT2D eigenvalue weighted by Gasteiger charge is 2.20. The Kier molecular flexibility index (Phi) is 5.08. The molecular weight excluding hydrogens is 290 g/mol. The summed E-state index contributed by atoms with van der Waals surface area (Å²) in [5.74, 6) is -1.32. The van der Waals surface area contributed by atoms with Crippen LogP contribution in [0.5, 0.6) is 0 Å². The van der Waals surface area contributed by atoms with Gasteiger partial charge in [0.15, 0.2) is 0 Å². The van der Waals surface area contributed by atoms with Gasteiger partial charge >= 0.3 is 11.9 Å². The first-order chi connectivity index (χ1) is 10.1. The van der Waals surface area contributed by atoms with E-state index >= 15 is 0 Å². The van der Waals surface area contributed by atoms with Crippen molar-refractivity contribution >= 4 is 23.3 Å². The van der Waals surface area contributed by atoms with E-state index in [4.69, 9.17) is 9.84 Å². The van der Waals surface area contributed by atoms with Crippen LogP contribution >= 0.6 is 11.3 Å². The topological polar surface area (TPSA) is 75.6 Å². The quantitative estimate of drug-likeness (QED) is 0.802. The van der Waals surface area contributed by atoms with Gasteiger partial charge in [0.2, 0.25) is 0 Å². The largest absolute Gasteiger partial charge is 0.477 e. The number of nitrogens with one attached hydrogen (secondary N) is 1. The standard InChI is InChI=1S/C15H15NO4S/c1-20-15(19)13(10-5-3-2-4-6-10)16-9-11-7-8-12(21-11)14(17)18/h2-8,13,16H,9H2,1H3,(H,17,18). The van der Waals surface area contributed by atoms with Gasteiger partial charge in [-0.25, -0.2) is 9.59 Å². The van der Waals surface area contributed by atoms with Crippen LogP contribution in [0.4, 0.5) is 0 Å². The highest BCUT2D eigenvalue weighted by Crippen LogP contribution is 2.19. The van der Waals surface area contributed by atoms with E-state index in [1.165, 1.54) is 18.4 Å². The van der Waals surface area contributed by atoms with Crippen LogP contribution in [0.15, 0.2) is 42.5 Å². The van der Waals surface area contributed by atoms with E-state index in [1.54, 1.807) is 12.1 Å². The van der Waals surface area contributed by atoms with Gasteiger partial charge in [0.1, 0.15) is 10.9 Å². The van der Waals surface area contributed by atoms with Crippen LogP contribution in [-0.2, 0) is 16.1 Å². The van der Waals surface area contributed by atoms with Crippen molar-refractivity contribution in [1.29, 1.82) is 0 Å². The zero-order valence-electron chi connectivity index (χ0n) is 11.4. The van der Waals surface area contributed by atoms with Crippen LogP contribution in [0.3, 0.4) is 0 Å². The third kappa shape index (κ3) is 3.90. The van der Waals surface area contributed by atoms with Crippen molar-refractivity contribution in [1.82, 2.24) is 5.32 Å². The average molecular weight is 305 g/mol. The van der Waals surface area contributed by atoms with Gasteiger partial charge in [-0.2, -0.15) is 0 Å². The van der Waals surface area contributed by atoms with Gasteiger partial charge in [-0.3, -0.25) is 5.32 Å². The summed E-state index contributed by atoms with van der Waals surface area (Å²) in [4.78, 5) is 23.8. The molecule has 2 N–H and O–H groups in total. The van der Waals surface area contributed by atoms with Crippen LogP contribution in [0.1, 0.15) is 26.2 Å². The summed E-state index contributed by atoms with van der Waals surface area (Å²) < 4.78 is 4.81. The van der Waals surface area contributed by atoms with Gasteiger partial charge in [0.25, 0.3) is 0 Å². The lowest BCUT2D eigenvalue weighted by Crippen LogP contribution is -2.29. The van der Waals surface area contributed by atoms with Crippen LogP contribution in [0.25, 0.3) is 0 Å². The Hall–Kier alpha value is -2.18. The van der Waals surface area contributed by atoms with Crippen LogP contribution in [0, 0.1) is 0 Å². The molecule has 0 aliphatic heterocycles. The number of carboxylic acid groups (broad SMARTS) is 1. The Morgan fingerprint density at radius 1 is 1.24 bits per heavy atom. The highest BCUT2D eigenvalue weighted by atomic mass is 32.1. The van der Waals surface area contributed by atoms with Crippen molar-refractivity contribution in [2.45, 2.75) is 12.6 Å². The van der Waals surface area contributed by atoms with E-state index in [-0.39, 0.29) is 10.8 Å². The number of esters is 1. The molecule has 0 saturated heterocycles. The SMILES string of the molecule is COC(=O)C(NCc1ccc(C(=O)O)s1)c1ccccc1. The number of aromatic carboxylic acids is 1. The lowest BCUT2D eigenvalue weighted by atomic mass is 10.1. The molecule has 1 atom stereocenters. The normalized spacial score (nSPS) is 11.9. The van der Waals surface area contributed by atoms with Gasteiger partial charge < -0.3 is 9.84 Å². The molecule has 2 aromatic rings. The Morgan fingerprint density at radius 3 is 2.52 bits per heavy atom. The van der Waals surface area contributed by atoms with E-state index in [0.717, 1.165) is 10.4 Å². The Labute approximate surface area is 126 Å². The molecule has 0 aliphatic rings. The molecule has 1 aromatic heterocycles. The summed E-state index contributed by atoms with van der Waals surface area (Å²) in [6.45, 7) is 0.395. The second-order valence-electron chi connectivity index (χ2n) is 4.32. The number of methoxy groups -OCH3 is 1. The summed E-state index contributed by atoms with van der Waals surface area (Å²) in [6, 6.07) is 12.0. The highest BCUT2D eigenvalue weighted by molar-refractivity contribution is 7.13. The zero-order valence-corrected chi connectivity index (χ0v) is 12.2. The summed E-state index contributed by atoms with van der Waals surface area (Å²) in [6.07, 6.45) is 0. The maximum absolute atomic E-state index is 11.9. The van der Waals surface area contributed by atoms with E-state index in [1.807, 2.05) is 30.3 Å². The van der Waals surface area contributed by atoms with Crippen molar-refractivity contribution in [3.63, 3.8) is 0 Å². The number of ether oxygens (including phenoxy) is 1. The number of rotatable bonds is 6. The van der Waals surface area contributed by atoms with Crippen molar-refractivity contribution in [3.05, 3.63) is 57.8 Å². The average Bonchev–Trinajstić information content (AvgIpc) is 2.97. The lowest BCUT2D eigenvalue weighted by Gasteiger charge is -2.16. The molecule has 2 rings (SSSR count). The van der Waals surface area contributed by atoms with Crippen molar-refractivity contribution < 1.29 is 19.4 Å². The predicted molar refractivity (Wildman–Crippen MR) is 79.3 cm³/mol. The molecule has 0 fully saturated rings. The first-order valence-electron chi connectivity index (χ1n) is 6.30. The molecule has 1 unspecified atom stereocenters. The van der Waals surface area contributed by atoms with E-state index < -0.39 is 12.0 Å². The molecule has 0 amide bonds. The molecule has 1 heterocycles. The van der Waals surface area contributed by atoms with Crippen molar-refractivity contribution in [2.75, 3.05) is 7.11 Å². The summed E-state index contributed by atoms with van der Waals surface area (Å²) in [5.41, 5.74) is 0.805. The number of thiophene rings is 1. The molecule has 6 heteroatoms. The van der Waals surface area contributed by atoms with Crippen molar-refractivity contribution in [3.8, 4) is 0 Å². The molecule has 1 aromatic carbocycles. The molecule has 0 radical (unpaired) electrons. The summed E-state index contributed by atoms with van der Waals surface area (Å²) >= 11 is 1.18. The van der Waals surface area contributed by atoms with Gasteiger partial charge in [0, 0.05) is 11.4 Å². The molecule has 0 spiro atoms. The second kappa shape index (κ2) is 7.01. The number of carboxylic acids is 1. The lowest BCUT2D eigenvalue weighted by molar-refractivity contribution is -0.143. The minimum atomic E-state index is -0.946. The fraction of sp³-hybridized carbons (Fsp3) is 0.200. The predicted octanol–water partition coefficient (Wildman–Crippen LogP) is 2.45. The van der Waals surface area contributed by atoms with Crippen LogP contribution < -0.4 is 5.32 Å². The molecule has 0 aliphatic carbocycles. The third-order valence-electron chi connectivity index (χ3n) is 2.92. The Balaban J connectivity index is 2.09. The maximum atomic E-state index is 11.9. The smallest absolute Gasteiger partial charge is 0.345 e. The Morgan fingerprint density at radius 2 is 1.95 bits per heavy atom. The number of hydrogen-bond donors (Lipinski definition) is 2. The molecule has 0 saturated carbocycles. The second-order valence-corrected chi connectivity index (χ2v) is 5.49. The zero-order chi connectivity index (χ0) is 15.2. The number of carbonyl (C=O) groups excluding carboxylic acids is 1. The van der Waals surface area contributed by atoms with Gasteiger partial charge in [-0.15, -0.1) is 11.3 Å². The Bertz CT molecular complexity index is 624. The minimum Gasteiger partial charge on any atom is -0.477 e. The molecular formula is C15H15NO4S. The summed E-state index contributed by atoms with van der Waals surface area (Å²) in [7, 11) is 1.34. The molecule has 5 nitrogen and oxygen atoms in total. The number of benzene rings is 1. The number of carbonyl (C=O) groups is 2. The monoisotopic (exact) mass is 305 g/mol. The van der Waals surface area contributed by atoms with Gasteiger partial charge in [0.05, 0.1) is 7.11 Å². The van der Waals surface area contributed by atoms with Crippen molar-refractivity contribution in [2.24, 2.45) is 0 Å². The molecule has 21 heavy (non-hydrogen) atoms. The van der Waals surface area contributed by atoms with E-state index in [0.29, 0.717) is 6.54 Å². The van der Waals surface area contributed by atoms with Crippen LogP contribution in [0.2, 0.25) is 0 Å².